The Kier molecular flexibility index (Phi) is 15.8. The number of alkyl carbamates (subject to hydrolysis) is 1. The van der Waals surface area contributed by atoms with Crippen LogP contribution in [0.15, 0.2) is 60.7 Å². The molecule has 300 valence electrons. The van der Waals surface area contributed by atoms with Gasteiger partial charge in [0.2, 0.25) is 11.8 Å². The molecule has 0 aromatic heterocycles. The van der Waals surface area contributed by atoms with Crippen LogP contribution in [0.25, 0.3) is 0 Å². The number of nitrogens with zero attached hydrogens (tertiary/aromatic N) is 1. The number of carbonyl (C=O) groups excluding carboxylic acids is 3. The molecule has 2 aliphatic rings. The second-order valence-electron chi connectivity index (χ2n) is 18.3. The standard InChI is InChI=1S/C44H70N4O5Si/c1-43(2,3)52-42(51)46-37(30-33-21-15-11-16-22-33)38(53-54(8,9)44(4,5)6)31-35(29-32-19-13-10-14-20-32)40(49)47-39(34-23-17-12-18-24-34)41(50)48-27-25-36(45-7)26-28-48/h10-11,13-16,19-22,34-39,45H,12,17-18,23-31H2,1-9H3,(H,46,51)(H,47,49). The van der Waals surface area contributed by atoms with E-state index in [-0.39, 0.29) is 22.8 Å². The molecule has 2 aromatic rings. The number of ether oxygens (including phenoxy) is 1. The number of carbonyl (C=O) groups is 3. The van der Waals surface area contributed by atoms with Gasteiger partial charge in [0.15, 0.2) is 8.32 Å². The van der Waals surface area contributed by atoms with Gasteiger partial charge in [0, 0.05) is 25.0 Å². The Morgan fingerprint density at radius 3 is 1.87 bits per heavy atom. The molecule has 4 unspecified atom stereocenters. The lowest BCUT2D eigenvalue weighted by Gasteiger charge is -2.43. The highest BCUT2D eigenvalue weighted by Gasteiger charge is 2.43. The van der Waals surface area contributed by atoms with Crippen LogP contribution in [0.4, 0.5) is 4.79 Å². The molecule has 2 fully saturated rings. The molecule has 4 atom stereocenters. The molecule has 1 aliphatic carbocycles. The van der Waals surface area contributed by atoms with E-state index in [1.165, 1.54) is 0 Å². The summed E-state index contributed by atoms with van der Waals surface area (Å²) in [6.45, 7) is 18.0. The smallest absolute Gasteiger partial charge is 0.407 e. The van der Waals surface area contributed by atoms with Gasteiger partial charge in [-0.25, -0.2) is 4.79 Å². The van der Waals surface area contributed by atoms with Crippen molar-refractivity contribution in [1.82, 2.24) is 20.9 Å². The summed E-state index contributed by atoms with van der Waals surface area (Å²) < 4.78 is 13.1. The molecule has 3 N–H and O–H groups in total. The molecule has 10 heteroatoms. The van der Waals surface area contributed by atoms with Crippen LogP contribution in [-0.2, 0) is 31.6 Å². The Morgan fingerprint density at radius 1 is 0.796 bits per heavy atom. The molecule has 1 aliphatic heterocycles. The zero-order valence-corrected chi connectivity index (χ0v) is 35.7. The predicted molar refractivity (Wildman–Crippen MR) is 221 cm³/mol. The highest BCUT2D eigenvalue weighted by atomic mass is 28.4. The van der Waals surface area contributed by atoms with E-state index in [0.717, 1.165) is 56.1 Å². The number of piperidine rings is 1. The van der Waals surface area contributed by atoms with E-state index in [2.05, 4.69) is 74.1 Å². The molecule has 9 nitrogen and oxygen atoms in total. The van der Waals surface area contributed by atoms with Gasteiger partial charge in [0.1, 0.15) is 11.6 Å². The highest BCUT2D eigenvalue weighted by molar-refractivity contribution is 6.74. The molecule has 1 saturated heterocycles. The van der Waals surface area contributed by atoms with Crippen LogP contribution in [0.1, 0.15) is 104 Å². The Labute approximate surface area is 327 Å². The van der Waals surface area contributed by atoms with Crippen molar-refractivity contribution in [3.63, 3.8) is 0 Å². The Morgan fingerprint density at radius 2 is 1.35 bits per heavy atom. The number of rotatable bonds is 15. The predicted octanol–water partition coefficient (Wildman–Crippen LogP) is 8.04. The molecule has 2 aromatic carbocycles. The van der Waals surface area contributed by atoms with Gasteiger partial charge in [-0.1, -0.05) is 101 Å². The second-order valence-corrected chi connectivity index (χ2v) is 23.0. The summed E-state index contributed by atoms with van der Waals surface area (Å²) in [5, 5.41) is 9.84. The average Bonchev–Trinajstić information content (AvgIpc) is 3.12. The first-order valence-electron chi connectivity index (χ1n) is 20.5. The third-order valence-electron chi connectivity index (χ3n) is 11.8. The SMILES string of the molecule is CNC1CCN(C(=O)C(NC(=O)C(Cc2ccccc2)CC(O[Si](C)(C)C(C)(C)C)C(Cc2ccccc2)NC(=O)OC(C)(C)C)C2CCCCC2)CC1. The lowest BCUT2D eigenvalue weighted by Crippen LogP contribution is -2.57. The van der Waals surface area contributed by atoms with Crippen LogP contribution in [0.3, 0.4) is 0 Å². The summed E-state index contributed by atoms with van der Waals surface area (Å²) in [7, 11) is -0.456. The number of benzene rings is 2. The van der Waals surface area contributed by atoms with Gasteiger partial charge in [-0.05, 0) is 108 Å². The fraction of sp³-hybridized carbons (Fsp3) is 0.659. The summed E-state index contributed by atoms with van der Waals surface area (Å²) >= 11 is 0. The van der Waals surface area contributed by atoms with Crippen LogP contribution >= 0.6 is 0 Å². The second kappa shape index (κ2) is 19.6. The summed E-state index contributed by atoms with van der Waals surface area (Å²) in [6, 6.07) is 19.5. The van der Waals surface area contributed by atoms with E-state index < -0.39 is 44.1 Å². The molecular weight excluding hydrogens is 693 g/mol. The van der Waals surface area contributed by atoms with Gasteiger partial charge in [0.05, 0.1) is 12.1 Å². The fourth-order valence-corrected chi connectivity index (χ4v) is 8.99. The molecule has 3 amide bonds. The number of hydrogen-bond acceptors (Lipinski definition) is 6. The highest BCUT2D eigenvalue weighted by Crippen LogP contribution is 2.39. The third kappa shape index (κ3) is 13.2. The van der Waals surface area contributed by atoms with Crippen molar-refractivity contribution in [2.75, 3.05) is 20.1 Å². The zero-order valence-electron chi connectivity index (χ0n) is 34.7. The van der Waals surface area contributed by atoms with Crippen molar-refractivity contribution in [3.05, 3.63) is 71.8 Å². The van der Waals surface area contributed by atoms with E-state index in [1.807, 2.05) is 69.1 Å². The molecular formula is C44H70N4O5Si. The number of nitrogens with one attached hydrogen (secondary N) is 3. The van der Waals surface area contributed by atoms with E-state index in [4.69, 9.17) is 9.16 Å². The molecule has 54 heavy (non-hydrogen) atoms. The van der Waals surface area contributed by atoms with Gasteiger partial charge < -0.3 is 30.0 Å². The number of amides is 3. The van der Waals surface area contributed by atoms with Crippen LogP contribution in [0.2, 0.25) is 18.1 Å². The molecule has 4 rings (SSSR count). The van der Waals surface area contributed by atoms with Crippen molar-refractivity contribution in [2.45, 2.75) is 154 Å². The van der Waals surface area contributed by atoms with E-state index in [1.54, 1.807) is 0 Å². The van der Waals surface area contributed by atoms with Crippen molar-refractivity contribution >= 4 is 26.2 Å². The monoisotopic (exact) mass is 763 g/mol. The maximum atomic E-state index is 14.9. The maximum absolute atomic E-state index is 14.9. The van der Waals surface area contributed by atoms with Crippen LogP contribution in [-0.4, -0.2) is 81.1 Å². The van der Waals surface area contributed by atoms with E-state index >= 15 is 0 Å². The maximum Gasteiger partial charge on any atom is 0.407 e. The first-order chi connectivity index (χ1) is 25.5. The Hall–Kier alpha value is -3.21. The summed E-state index contributed by atoms with van der Waals surface area (Å²) in [4.78, 5) is 44.8. The van der Waals surface area contributed by atoms with Gasteiger partial charge >= 0.3 is 6.09 Å². The molecule has 0 radical (unpaired) electrons. The van der Waals surface area contributed by atoms with E-state index in [9.17, 15) is 14.4 Å². The van der Waals surface area contributed by atoms with Crippen LogP contribution < -0.4 is 16.0 Å². The van der Waals surface area contributed by atoms with Crippen LogP contribution in [0.5, 0.6) is 0 Å². The molecule has 1 saturated carbocycles. The number of likely N-dealkylation sites (tertiary alicyclic amines) is 1. The summed E-state index contributed by atoms with van der Waals surface area (Å²) in [5.41, 5.74) is 1.41. The first-order valence-corrected chi connectivity index (χ1v) is 23.4. The molecule has 0 bridgehead atoms. The summed E-state index contributed by atoms with van der Waals surface area (Å²) in [6.07, 6.45) is 7.30. The minimum Gasteiger partial charge on any atom is -0.444 e. The van der Waals surface area contributed by atoms with Crippen molar-refractivity contribution in [1.29, 1.82) is 0 Å². The Balaban J connectivity index is 1.72. The van der Waals surface area contributed by atoms with Crippen molar-refractivity contribution in [3.8, 4) is 0 Å². The van der Waals surface area contributed by atoms with Crippen molar-refractivity contribution < 1.29 is 23.5 Å². The normalized spacial score (nSPS) is 18.6. The Bertz CT molecular complexity index is 1460. The quantitative estimate of drug-likeness (QED) is 0.159. The van der Waals surface area contributed by atoms with Gasteiger partial charge in [-0.2, -0.15) is 0 Å². The fourth-order valence-electron chi connectivity index (χ4n) is 7.62. The van der Waals surface area contributed by atoms with Gasteiger partial charge in [0.25, 0.3) is 0 Å². The molecule has 0 spiro atoms. The lowest BCUT2D eigenvalue weighted by molar-refractivity contribution is -0.140. The summed E-state index contributed by atoms with van der Waals surface area (Å²) in [5.74, 6) is -0.498. The van der Waals surface area contributed by atoms with Gasteiger partial charge in [-0.15, -0.1) is 0 Å². The lowest BCUT2D eigenvalue weighted by atomic mass is 9.82. The largest absolute Gasteiger partial charge is 0.444 e. The zero-order chi connectivity index (χ0) is 39.5. The van der Waals surface area contributed by atoms with Gasteiger partial charge in [-0.3, -0.25) is 9.59 Å². The molecule has 1 heterocycles. The first kappa shape index (κ1) is 43.5. The minimum absolute atomic E-state index is 0.0471. The minimum atomic E-state index is -2.44. The number of hydrogen-bond donors (Lipinski definition) is 3. The van der Waals surface area contributed by atoms with Crippen molar-refractivity contribution in [2.24, 2.45) is 11.8 Å². The topological polar surface area (TPSA) is 109 Å². The van der Waals surface area contributed by atoms with Crippen LogP contribution in [0, 0.1) is 11.8 Å². The third-order valence-corrected chi connectivity index (χ3v) is 16.3. The van der Waals surface area contributed by atoms with E-state index in [0.29, 0.717) is 38.4 Å². The average molecular weight is 763 g/mol.